The highest BCUT2D eigenvalue weighted by Crippen LogP contribution is 2.14. The van der Waals surface area contributed by atoms with Gasteiger partial charge in [0.1, 0.15) is 0 Å². The Morgan fingerprint density at radius 3 is 3.18 bits per heavy atom. The number of hydrogen-bond acceptors (Lipinski definition) is 2. The second kappa shape index (κ2) is 4.72. The van der Waals surface area contributed by atoms with E-state index in [2.05, 4.69) is 23.0 Å². The van der Waals surface area contributed by atoms with E-state index in [1.54, 1.807) is 0 Å². The SMILES string of the molecule is O=COCCC1=CC=CCC1. The molecule has 0 atom stereocenters. The van der Waals surface area contributed by atoms with E-state index in [1.807, 2.05) is 0 Å². The Bertz CT molecular complexity index is 180. The molecule has 0 aromatic heterocycles. The lowest BCUT2D eigenvalue weighted by atomic mass is 10.0. The molecular weight excluding hydrogens is 140 g/mol. The van der Waals surface area contributed by atoms with Gasteiger partial charge in [-0.25, -0.2) is 0 Å². The van der Waals surface area contributed by atoms with Gasteiger partial charge in [-0.3, -0.25) is 4.79 Å². The maximum Gasteiger partial charge on any atom is 0.293 e. The molecule has 0 heterocycles. The van der Waals surface area contributed by atoms with Gasteiger partial charge in [0.2, 0.25) is 0 Å². The van der Waals surface area contributed by atoms with Gasteiger partial charge in [-0.2, -0.15) is 0 Å². The molecule has 2 heteroatoms. The van der Waals surface area contributed by atoms with Crippen molar-refractivity contribution in [2.24, 2.45) is 0 Å². The summed E-state index contributed by atoms with van der Waals surface area (Å²) in [5, 5.41) is 0. The number of hydrogen-bond donors (Lipinski definition) is 0. The fourth-order valence-electron chi connectivity index (χ4n) is 1.10. The Labute approximate surface area is 66.5 Å². The molecule has 0 spiro atoms. The molecule has 0 aliphatic heterocycles. The maximum atomic E-state index is 9.79. The number of carbonyl (C=O) groups excluding carboxylic acids is 1. The van der Waals surface area contributed by atoms with Crippen LogP contribution in [0, 0.1) is 0 Å². The van der Waals surface area contributed by atoms with Crippen LogP contribution in [0.4, 0.5) is 0 Å². The molecule has 0 saturated carbocycles. The van der Waals surface area contributed by atoms with Crippen LogP contribution in [0.1, 0.15) is 19.3 Å². The monoisotopic (exact) mass is 152 g/mol. The van der Waals surface area contributed by atoms with E-state index in [-0.39, 0.29) is 0 Å². The highest BCUT2D eigenvalue weighted by Gasteiger charge is 1.98. The summed E-state index contributed by atoms with van der Waals surface area (Å²) in [6, 6.07) is 0. The van der Waals surface area contributed by atoms with Gasteiger partial charge in [0.05, 0.1) is 6.61 Å². The van der Waals surface area contributed by atoms with Crippen molar-refractivity contribution in [1.29, 1.82) is 0 Å². The van der Waals surface area contributed by atoms with Gasteiger partial charge in [-0.15, -0.1) is 0 Å². The Morgan fingerprint density at radius 1 is 1.64 bits per heavy atom. The Hall–Kier alpha value is -1.05. The molecule has 0 aromatic rings. The van der Waals surface area contributed by atoms with Gasteiger partial charge >= 0.3 is 0 Å². The maximum absolute atomic E-state index is 9.79. The first-order valence-corrected chi connectivity index (χ1v) is 3.83. The van der Waals surface area contributed by atoms with E-state index in [1.165, 1.54) is 5.57 Å². The lowest BCUT2D eigenvalue weighted by Crippen LogP contribution is -1.95. The first-order chi connectivity index (χ1) is 5.43. The first kappa shape index (κ1) is 8.05. The third-order valence-electron chi connectivity index (χ3n) is 1.71. The smallest absolute Gasteiger partial charge is 0.293 e. The summed E-state index contributed by atoms with van der Waals surface area (Å²) in [6.45, 7) is 1.02. The van der Waals surface area contributed by atoms with Crippen LogP contribution in [0.2, 0.25) is 0 Å². The lowest BCUT2D eigenvalue weighted by molar-refractivity contribution is -0.128. The summed E-state index contributed by atoms with van der Waals surface area (Å²) in [7, 11) is 0. The normalized spacial score (nSPS) is 15.8. The summed E-state index contributed by atoms with van der Waals surface area (Å²) in [6.07, 6.45) is 9.40. The van der Waals surface area contributed by atoms with Crippen molar-refractivity contribution >= 4 is 6.47 Å². The van der Waals surface area contributed by atoms with Crippen molar-refractivity contribution < 1.29 is 9.53 Å². The molecular formula is C9H12O2. The minimum absolute atomic E-state index is 0.499. The van der Waals surface area contributed by atoms with Crippen LogP contribution in [0.25, 0.3) is 0 Å². The molecule has 1 aliphatic rings. The third kappa shape index (κ3) is 3.03. The van der Waals surface area contributed by atoms with Gasteiger partial charge < -0.3 is 4.74 Å². The zero-order valence-electron chi connectivity index (χ0n) is 6.45. The summed E-state index contributed by atoms with van der Waals surface area (Å²) < 4.78 is 4.59. The highest BCUT2D eigenvalue weighted by atomic mass is 16.5. The molecule has 0 radical (unpaired) electrons. The van der Waals surface area contributed by atoms with E-state index in [0.717, 1.165) is 19.3 Å². The molecule has 2 nitrogen and oxygen atoms in total. The number of carbonyl (C=O) groups is 1. The second-order valence-electron chi connectivity index (χ2n) is 2.51. The minimum atomic E-state index is 0.499. The van der Waals surface area contributed by atoms with Gasteiger partial charge in [0.25, 0.3) is 6.47 Å². The predicted octanol–water partition coefficient (Wildman–Crippen LogP) is 1.83. The zero-order chi connectivity index (χ0) is 7.94. The van der Waals surface area contributed by atoms with Gasteiger partial charge in [0.15, 0.2) is 0 Å². The highest BCUT2D eigenvalue weighted by molar-refractivity contribution is 5.37. The van der Waals surface area contributed by atoms with Crippen LogP contribution in [0.3, 0.4) is 0 Å². The molecule has 0 amide bonds. The Balaban J connectivity index is 2.19. The third-order valence-corrected chi connectivity index (χ3v) is 1.71. The van der Waals surface area contributed by atoms with Crippen LogP contribution >= 0.6 is 0 Å². The average Bonchev–Trinajstić information content (AvgIpc) is 2.07. The van der Waals surface area contributed by atoms with Crippen LogP contribution in [0.15, 0.2) is 23.8 Å². The van der Waals surface area contributed by atoms with Gasteiger partial charge in [0, 0.05) is 6.42 Å². The molecule has 1 aliphatic carbocycles. The summed E-state index contributed by atoms with van der Waals surface area (Å²) in [5.74, 6) is 0. The molecule has 11 heavy (non-hydrogen) atoms. The predicted molar refractivity (Wildman–Crippen MR) is 43.1 cm³/mol. The molecule has 0 N–H and O–H groups in total. The molecule has 0 bridgehead atoms. The number of allylic oxidation sites excluding steroid dienone is 3. The largest absolute Gasteiger partial charge is 0.468 e. The average molecular weight is 152 g/mol. The summed E-state index contributed by atoms with van der Waals surface area (Å²) >= 11 is 0. The Morgan fingerprint density at radius 2 is 2.55 bits per heavy atom. The molecule has 0 fully saturated rings. The standard InChI is InChI=1S/C9H12O2/c10-8-11-7-6-9-4-2-1-3-5-9/h1-2,4,8H,3,5-7H2. The van der Waals surface area contributed by atoms with Crippen molar-refractivity contribution in [2.45, 2.75) is 19.3 Å². The van der Waals surface area contributed by atoms with E-state index >= 15 is 0 Å². The summed E-state index contributed by atoms with van der Waals surface area (Å²) in [5.41, 5.74) is 1.37. The van der Waals surface area contributed by atoms with E-state index < -0.39 is 0 Å². The van der Waals surface area contributed by atoms with Gasteiger partial charge in [-0.1, -0.05) is 23.8 Å². The van der Waals surface area contributed by atoms with E-state index in [0.29, 0.717) is 13.1 Å². The molecule has 60 valence electrons. The van der Waals surface area contributed by atoms with Gasteiger partial charge in [-0.05, 0) is 12.8 Å². The summed E-state index contributed by atoms with van der Waals surface area (Å²) in [4.78, 5) is 9.79. The molecule has 0 saturated heterocycles. The van der Waals surface area contributed by atoms with Crippen LogP contribution in [-0.4, -0.2) is 13.1 Å². The molecule has 0 aromatic carbocycles. The van der Waals surface area contributed by atoms with Crippen LogP contribution in [-0.2, 0) is 9.53 Å². The van der Waals surface area contributed by atoms with Crippen molar-refractivity contribution in [2.75, 3.05) is 6.61 Å². The fourth-order valence-corrected chi connectivity index (χ4v) is 1.10. The molecule has 1 rings (SSSR count). The quantitative estimate of drug-likeness (QED) is 0.453. The Kier molecular flexibility index (Phi) is 3.45. The van der Waals surface area contributed by atoms with Crippen molar-refractivity contribution in [3.8, 4) is 0 Å². The fraction of sp³-hybridized carbons (Fsp3) is 0.444. The van der Waals surface area contributed by atoms with Crippen molar-refractivity contribution in [3.63, 3.8) is 0 Å². The minimum Gasteiger partial charge on any atom is -0.468 e. The van der Waals surface area contributed by atoms with E-state index in [4.69, 9.17) is 0 Å². The lowest BCUT2D eigenvalue weighted by Gasteiger charge is -2.06. The van der Waals surface area contributed by atoms with Crippen molar-refractivity contribution in [3.05, 3.63) is 23.8 Å². The number of rotatable bonds is 4. The van der Waals surface area contributed by atoms with Crippen LogP contribution in [0.5, 0.6) is 0 Å². The topological polar surface area (TPSA) is 26.3 Å². The molecule has 0 unspecified atom stereocenters. The zero-order valence-corrected chi connectivity index (χ0v) is 6.45. The second-order valence-corrected chi connectivity index (χ2v) is 2.51. The first-order valence-electron chi connectivity index (χ1n) is 3.83. The van der Waals surface area contributed by atoms with E-state index in [9.17, 15) is 4.79 Å². The van der Waals surface area contributed by atoms with Crippen molar-refractivity contribution in [1.82, 2.24) is 0 Å². The van der Waals surface area contributed by atoms with Crippen LogP contribution < -0.4 is 0 Å². The number of ether oxygens (including phenoxy) is 1.